The first kappa shape index (κ1) is 15.3. The number of piperidine rings is 2. The minimum Gasteiger partial charge on any atom is -0.355 e. The largest absolute Gasteiger partial charge is 0.355 e. The Labute approximate surface area is 121 Å². The molecule has 2 heterocycles. The molecule has 2 aliphatic rings. The highest BCUT2D eigenvalue weighted by atomic mass is 16.2. The molecule has 0 radical (unpaired) electrons. The fourth-order valence-corrected chi connectivity index (χ4v) is 3.11. The Morgan fingerprint density at radius 3 is 2.80 bits per heavy atom. The van der Waals surface area contributed by atoms with E-state index in [9.17, 15) is 9.59 Å². The van der Waals surface area contributed by atoms with Gasteiger partial charge < -0.3 is 15.5 Å². The summed E-state index contributed by atoms with van der Waals surface area (Å²) in [7, 11) is 0. The number of amides is 2. The summed E-state index contributed by atoms with van der Waals surface area (Å²) in [5, 5.41) is 6.32. The van der Waals surface area contributed by atoms with Crippen LogP contribution < -0.4 is 10.6 Å². The van der Waals surface area contributed by atoms with Crippen molar-refractivity contribution in [1.82, 2.24) is 15.5 Å². The van der Waals surface area contributed by atoms with Gasteiger partial charge in [-0.05, 0) is 32.2 Å². The van der Waals surface area contributed by atoms with Gasteiger partial charge in [0.15, 0.2) is 0 Å². The Morgan fingerprint density at radius 1 is 1.35 bits per heavy atom. The predicted octanol–water partition coefficient (Wildman–Crippen LogP) is 0.893. The van der Waals surface area contributed by atoms with Crippen LogP contribution >= 0.6 is 0 Å². The van der Waals surface area contributed by atoms with E-state index < -0.39 is 0 Å². The van der Waals surface area contributed by atoms with Crippen molar-refractivity contribution in [3.8, 4) is 0 Å². The monoisotopic (exact) mass is 281 g/mol. The molecule has 20 heavy (non-hydrogen) atoms. The van der Waals surface area contributed by atoms with Crippen molar-refractivity contribution in [2.75, 3.05) is 26.2 Å². The van der Waals surface area contributed by atoms with Gasteiger partial charge in [0.25, 0.3) is 0 Å². The van der Waals surface area contributed by atoms with E-state index in [1.54, 1.807) is 0 Å². The van der Waals surface area contributed by atoms with Gasteiger partial charge in [-0.15, -0.1) is 0 Å². The standard InChI is InChI=1S/C15H27N3O2/c1-2-9-18(11-13-5-3-4-8-16-13)15(20)12-6-7-14(19)17-10-12/h12-13,16H,2-11H2,1H3,(H,17,19). The average molecular weight is 281 g/mol. The zero-order valence-corrected chi connectivity index (χ0v) is 12.5. The summed E-state index contributed by atoms with van der Waals surface area (Å²) in [6, 6.07) is 0.442. The van der Waals surface area contributed by atoms with E-state index in [0.29, 0.717) is 25.4 Å². The summed E-state index contributed by atoms with van der Waals surface area (Å²) in [6.45, 7) is 5.32. The first-order valence-electron chi connectivity index (χ1n) is 7.99. The van der Waals surface area contributed by atoms with Gasteiger partial charge in [0.05, 0.1) is 5.92 Å². The molecule has 2 unspecified atom stereocenters. The number of hydrogen-bond acceptors (Lipinski definition) is 3. The second-order valence-corrected chi connectivity index (χ2v) is 5.97. The Balaban J connectivity index is 1.88. The zero-order valence-electron chi connectivity index (χ0n) is 12.5. The highest BCUT2D eigenvalue weighted by Crippen LogP contribution is 2.16. The van der Waals surface area contributed by atoms with E-state index in [1.807, 2.05) is 4.90 Å². The molecule has 2 fully saturated rings. The van der Waals surface area contributed by atoms with E-state index in [-0.39, 0.29) is 17.7 Å². The quantitative estimate of drug-likeness (QED) is 0.787. The van der Waals surface area contributed by atoms with Crippen LogP contribution in [-0.4, -0.2) is 48.9 Å². The summed E-state index contributed by atoms with van der Waals surface area (Å²) >= 11 is 0. The smallest absolute Gasteiger partial charge is 0.227 e. The molecule has 0 aliphatic carbocycles. The van der Waals surface area contributed by atoms with Crippen molar-refractivity contribution >= 4 is 11.8 Å². The zero-order chi connectivity index (χ0) is 14.4. The van der Waals surface area contributed by atoms with Crippen LogP contribution in [0, 0.1) is 5.92 Å². The van der Waals surface area contributed by atoms with Crippen LogP contribution in [0.4, 0.5) is 0 Å². The third-order valence-corrected chi connectivity index (χ3v) is 4.27. The molecule has 0 bridgehead atoms. The van der Waals surface area contributed by atoms with Crippen LogP contribution in [0.3, 0.4) is 0 Å². The van der Waals surface area contributed by atoms with Crippen molar-refractivity contribution in [3.63, 3.8) is 0 Å². The maximum absolute atomic E-state index is 12.6. The molecule has 2 aliphatic heterocycles. The fourth-order valence-electron chi connectivity index (χ4n) is 3.11. The van der Waals surface area contributed by atoms with Gasteiger partial charge in [0.1, 0.15) is 0 Å². The summed E-state index contributed by atoms with van der Waals surface area (Å²) in [6.07, 6.45) is 5.83. The molecule has 0 saturated carbocycles. The molecule has 2 atom stereocenters. The van der Waals surface area contributed by atoms with Crippen molar-refractivity contribution in [2.45, 2.75) is 51.5 Å². The number of carbonyl (C=O) groups is 2. The van der Waals surface area contributed by atoms with Gasteiger partial charge >= 0.3 is 0 Å². The minimum atomic E-state index is -0.0251. The molecular formula is C15H27N3O2. The van der Waals surface area contributed by atoms with E-state index in [2.05, 4.69) is 17.6 Å². The third-order valence-electron chi connectivity index (χ3n) is 4.27. The topological polar surface area (TPSA) is 61.4 Å². The van der Waals surface area contributed by atoms with Crippen LogP contribution in [0.2, 0.25) is 0 Å². The summed E-state index contributed by atoms with van der Waals surface area (Å²) < 4.78 is 0. The third kappa shape index (κ3) is 4.20. The SMILES string of the molecule is CCCN(CC1CCCCN1)C(=O)C1CCC(=O)NC1. The van der Waals surface area contributed by atoms with Crippen molar-refractivity contribution in [2.24, 2.45) is 5.92 Å². The lowest BCUT2D eigenvalue weighted by Gasteiger charge is -2.33. The highest BCUT2D eigenvalue weighted by molar-refractivity contribution is 5.83. The van der Waals surface area contributed by atoms with Gasteiger partial charge in [0, 0.05) is 32.1 Å². The molecule has 114 valence electrons. The van der Waals surface area contributed by atoms with E-state index in [1.165, 1.54) is 12.8 Å². The number of nitrogens with zero attached hydrogens (tertiary/aromatic N) is 1. The fraction of sp³-hybridized carbons (Fsp3) is 0.867. The lowest BCUT2D eigenvalue weighted by Crippen LogP contribution is -2.50. The van der Waals surface area contributed by atoms with Crippen molar-refractivity contribution in [1.29, 1.82) is 0 Å². The second kappa shape index (κ2) is 7.62. The van der Waals surface area contributed by atoms with Crippen molar-refractivity contribution in [3.05, 3.63) is 0 Å². The number of nitrogens with one attached hydrogen (secondary N) is 2. The van der Waals surface area contributed by atoms with Crippen LogP contribution in [0.1, 0.15) is 45.4 Å². The van der Waals surface area contributed by atoms with Gasteiger partial charge in [-0.1, -0.05) is 13.3 Å². The van der Waals surface area contributed by atoms with Crippen LogP contribution in [0.5, 0.6) is 0 Å². The molecular weight excluding hydrogens is 254 g/mol. The van der Waals surface area contributed by atoms with Gasteiger partial charge in [-0.3, -0.25) is 9.59 Å². The minimum absolute atomic E-state index is 0.0251. The van der Waals surface area contributed by atoms with Gasteiger partial charge in [-0.25, -0.2) is 0 Å². The Morgan fingerprint density at radius 2 is 2.20 bits per heavy atom. The molecule has 5 heteroatoms. The van der Waals surface area contributed by atoms with Gasteiger partial charge in [-0.2, -0.15) is 0 Å². The average Bonchev–Trinajstić information content (AvgIpc) is 2.48. The number of hydrogen-bond donors (Lipinski definition) is 2. The lowest BCUT2D eigenvalue weighted by molar-refractivity contribution is -0.138. The highest BCUT2D eigenvalue weighted by Gasteiger charge is 2.29. The molecule has 2 rings (SSSR count). The first-order chi connectivity index (χ1) is 9.70. The van der Waals surface area contributed by atoms with E-state index >= 15 is 0 Å². The molecule has 2 saturated heterocycles. The van der Waals surface area contributed by atoms with Crippen molar-refractivity contribution < 1.29 is 9.59 Å². The maximum atomic E-state index is 12.6. The van der Waals surface area contributed by atoms with Crippen LogP contribution in [0.25, 0.3) is 0 Å². The lowest BCUT2D eigenvalue weighted by atomic mass is 9.96. The molecule has 0 aromatic rings. The number of rotatable bonds is 5. The first-order valence-corrected chi connectivity index (χ1v) is 7.99. The molecule has 0 aromatic heterocycles. The van der Waals surface area contributed by atoms with E-state index in [0.717, 1.165) is 32.5 Å². The summed E-state index contributed by atoms with van der Waals surface area (Å²) in [4.78, 5) is 25.8. The summed E-state index contributed by atoms with van der Waals surface area (Å²) in [5.74, 6) is 0.270. The molecule has 5 nitrogen and oxygen atoms in total. The molecule has 0 spiro atoms. The van der Waals surface area contributed by atoms with Crippen LogP contribution in [-0.2, 0) is 9.59 Å². The van der Waals surface area contributed by atoms with Crippen LogP contribution in [0.15, 0.2) is 0 Å². The maximum Gasteiger partial charge on any atom is 0.227 e. The molecule has 2 amide bonds. The summed E-state index contributed by atoms with van der Waals surface area (Å²) in [5.41, 5.74) is 0. The Kier molecular flexibility index (Phi) is 5.83. The Bertz CT molecular complexity index is 330. The second-order valence-electron chi connectivity index (χ2n) is 5.97. The number of carbonyl (C=O) groups excluding carboxylic acids is 2. The molecule has 2 N–H and O–H groups in total. The van der Waals surface area contributed by atoms with Gasteiger partial charge in [0.2, 0.25) is 11.8 Å². The predicted molar refractivity (Wildman–Crippen MR) is 78.2 cm³/mol. The van der Waals surface area contributed by atoms with E-state index in [4.69, 9.17) is 0 Å². The molecule has 0 aromatic carbocycles. The normalized spacial score (nSPS) is 26.9. The Hall–Kier alpha value is -1.10.